The van der Waals surface area contributed by atoms with Gasteiger partial charge in [0.25, 0.3) is 5.91 Å². The van der Waals surface area contributed by atoms with Crippen molar-refractivity contribution in [2.45, 2.75) is 6.92 Å². The second-order valence-electron chi connectivity index (χ2n) is 7.63. The number of fused-ring (bicyclic) bond motifs is 1. The van der Waals surface area contributed by atoms with Gasteiger partial charge in [0, 0.05) is 22.4 Å². The minimum absolute atomic E-state index is 0.194. The van der Waals surface area contributed by atoms with Crippen LogP contribution in [0.3, 0.4) is 0 Å². The van der Waals surface area contributed by atoms with Crippen molar-refractivity contribution in [2.24, 2.45) is 0 Å². The topological polar surface area (TPSA) is 89.2 Å². The predicted octanol–water partition coefficient (Wildman–Crippen LogP) is 4.58. The van der Waals surface area contributed by atoms with Crippen molar-refractivity contribution in [1.29, 1.82) is 0 Å². The highest BCUT2D eigenvalue weighted by Gasteiger charge is 2.18. The van der Waals surface area contributed by atoms with E-state index in [1.54, 1.807) is 47.0 Å². The summed E-state index contributed by atoms with van der Waals surface area (Å²) in [5, 5.41) is 15.2. The summed E-state index contributed by atoms with van der Waals surface area (Å²) in [5.41, 5.74) is 5.07. The van der Waals surface area contributed by atoms with E-state index in [2.05, 4.69) is 20.6 Å². The standard InChI is InChI=1S/C26H19N5O2/c1-17-9-11-18(12-10-17)25(32)21-7-2-3-8-22(21)26(33)28-20-6-4-5-19(15-20)23-13-14-24-29-27-16-31(24)30-23/h2-16H,1H3,(H,28,33). The summed E-state index contributed by atoms with van der Waals surface area (Å²) in [7, 11) is 0. The molecule has 1 amide bonds. The zero-order valence-corrected chi connectivity index (χ0v) is 17.8. The van der Waals surface area contributed by atoms with Crippen LogP contribution >= 0.6 is 0 Å². The number of anilines is 1. The maximum atomic E-state index is 13.1. The van der Waals surface area contributed by atoms with E-state index < -0.39 is 0 Å². The van der Waals surface area contributed by atoms with Crippen LogP contribution in [-0.4, -0.2) is 31.5 Å². The van der Waals surface area contributed by atoms with Gasteiger partial charge >= 0.3 is 0 Å². The number of ketones is 1. The first-order chi connectivity index (χ1) is 16.1. The number of aryl methyl sites for hydroxylation is 1. The summed E-state index contributed by atoms with van der Waals surface area (Å²) < 4.78 is 1.59. The number of hydrogen-bond donors (Lipinski definition) is 1. The Balaban J connectivity index is 1.42. The first-order valence-corrected chi connectivity index (χ1v) is 10.4. The fourth-order valence-electron chi connectivity index (χ4n) is 3.58. The van der Waals surface area contributed by atoms with Gasteiger partial charge in [-0.1, -0.05) is 60.2 Å². The number of amides is 1. The van der Waals surface area contributed by atoms with E-state index in [1.165, 1.54) is 6.33 Å². The van der Waals surface area contributed by atoms with Crippen molar-refractivity contribution in [3.8, 4) is 11.3 Å². The normalized spacial score (nSPS) is 10.8. The molecule has 0 unspecified atom stereocenters. The molecule has 0 bridgehead atoms. The summed E-state index contributed by atoms with van der Waals surface area (Å²) in [5.74, 6) is -0.550. The fraction of sp³-hybridized carbons (Fsp3) is 0.0385. The molecule has 7 nitrogen and oxygen atoms in total. The van der Waals surface area contributed by atoms with Crippen LogP contribution in [0.4, 0.5) is 5.69 Å². The molecule has 5 aromatic rings. The summed E-state index contributed by atoms with van der Waals surface area (Å²) in [6, 6.07) is 25.2. The van der Waals surface area contributed by atoms with Crippen LogP contribution in [0, 0.1) is 6.92 Å². The lowest BCUT2D eigenvalue weighted by molar-refractivity contribution is 0.0996. The second kappa shape index (κ2) is 8.47. The SMILES string of the molecule is Cc1ccc(C(=O)c2ccccc2C(=O)Nc2cccc(-c3ccc4nncn4n3)c2)cc1. The Labute approximate surface area is 189 Å². The molecule has 0 atom stereocenters. The molecule has 0 saturated heterocycles. The Morgan fingerprint density at radius 3 is 2.45 bits per heavy atom. The first kappa shape index (κ1) is 20.3. The zero-order chi connectivity index (χ0) is 22.8. The van der Waals surface area contributed by atoms with E-state index in [-0.39, 0.29) is 11.7 Å². The quantitative estimate of drug-likeness (QED) is 0.410. The van der Waals surface area contributed by atoms with E-state index >= 15 is 0 Å². The van der Waals surface area contributed by atoms with Gasteiger partial charge in [0.05, 0.1) is 11.3 Å². The molecule has 0 aliphatic carbocycles. The third kappa shape index (κ3) is 4.12. The van der Waals surface area contributed by atoms with Crippen LogP contribution in [0.15, 0.2) is 91.3 Å². The summed E-state index contributed by atoms with van der Waals surface area (Å²) >= 11 is 0. The van der Waals surface area contributed by atoms with Crippen molar-refractivity contribution >= 4 is 23.0 Å². The number of aromatic nitrogens is 4. The predicted molar refractivity (Wildman–Crippen MR) is 125 cm³/mol. The molecular formula is C26H19N5O2. The number of nitrogens with zero attached hydrogens (tertiary/aromatic N) is 4. The van der Waals surface area contributed by atoms with Crippen LogP contribution in [0.5, 0.6) is 0 Å². The van der Waals surface area contributed by atoms with Crippen LogP contribution in [0.25, 0.3) is 16.9 Å². The van der Waals surface area contributed by atoms with E-state index in [4.69, 9.17) is 0 Å². The van der Waals surface area contributed by atoms with Gasteiger partial charge in [-0.3, -0.25) is 9.59 Å². The summed E-state index contributed by atoms with van der Waals surface area (Å²) in [4.78, 5) is 26.2. The van der Waals surface area contributed by atoms with Crippen molar-refractivity contribution in [1.82, 2.24) is 19.8 Å². The second-order valence-corrected chi connectivity index (χ2v) is 7.63. The van der Waals surface area contributed by atoms with Crippen molar-refractivity contribution in [3.05, 3.63) is 114 Å². The van der Waals surface area contributed by atoms with Gasteiger partial charge in [0.15, 0.2) is 11.4 Å². The van der Waals surface area contributed by atoms with Crippen molar-refractivity contribution in [3.63, 3.8) is 0 Å². The summed E-state index contributed by atoms with van der Waals surface area (Å²) in [6.45, 7) is 1.96. The highest BCUT2D eigenvalue weighted by atomic mass is 16.2. The zero-order valence-electron chi connectivity index (χ0n) is 17.8. The highest BCUT2D eigenvalue weighted by molar-refractivity contribution is 6.17. The Morgan fingerprint density at radius 1 is 0.848 bits per heavy atom. The van der Waals surface area contributed by atoms with Gasteiger partial charge in [-0.25, -0.2) is 0 Å². The lowest BCUT2D eigenvalue weighted by atomic mass is 9.97. The Bertz CT molecular complexity index is 1490. The Morgan fingerprint density at radius 2 is 1.64 bits per heavy atom. The van der Waals surface area contributed by atoms with Gasteiger partial charge in [0.1, 0.15) is 6.33 Å². The molecule has 2 aromatic heterocycles. The van der Waals surface area contributed by atoms with E-state index in [0.29, 0.717) is 33.7 Å². The molecule has 0 aliphatic heterocycles. The van der Waals surface area contributed by atoms with Crippen LogP contribution in [0.2, 0.25) is 0 Å². The van der Waals surface area contributed by atoms with Crippen LogP contribution in [-0.2, 0) is 0 Å². The number of nitrogens with one attached hydrogen (secondary N) is 1. The minimum atomic E-state index is -0.356. The summed E-state index contributed by atoms with van der Waals surface area (Å²) in [6.07, 6.45) is 1.53. The minimum Gasteiger partial charge on any atom is -0.322 e. The molecule has 2 heterocycles. The first-order valence-electron chi connectivity index (χ1n) is 10.4. The number of carbonyl (C=O) groups is 2. The highest BCUT2D eigenvalue weighted by Crippen LogP contribution is 2.22. The average molecular weight is 433 g/mol. The molecule has 1 N–H and O–H groups in total. The Hall–Kier alpha value is -4.65. The molecule has 3 aromatic carbocycles. The molecule has 160 valence electrons. The number of hydrogen-bond acceptors (Lipinski definition) is 5. The fourth-order valence-corrected chi connectivity index (χ4v) is 3.58. The maximum absolute atomic E-state index is 13.1. The molecule has 0 fully saturated rings. The third-order valence-corrected chi connectivity index (χ3v) is 5.31. The Kier molecular flexibility index (Phi) is 5.20. The smallest absolute Gasteiger partial charge is 0.256 e. The largest absolute Gasteiger partial charge is 0.322 e. The van der Waals surface area contributed by atoms with Crippen LogP contribution in [0.1, 0.15) is 31.8 Å². The molecule has 5 rings (SSSR count). The third-order valence-electron chi connectivity index (χ3n) is 5.31. The van der Waals surface area contributed by atoms with Crippen molar-refractivity contribution in [2.75, 3.05) is 5.32 Å². The lowest BCUT2D eigenvalue weighted by Crippen LogP contribution is -2.17. The number of rotatable bonds is 5. The monoisotopic (exact) mass is 433 g/mol. The molecule has 0 aliphatic rings. The van der Waals surface area contributed by atoms with E-state index in [0.717, 1.165) is 11.1 Å². The van der Waals surface area contributed by atoms with Gasteiger partial charge in [-0.15, -0.1) is 10.2 Å². The maximum Gasteiger partial charge on any atom is 0.256 e. The van der Waals surface area contributed by atoms with Crippen LogP contribution < -0.4 is 5.32 Å². The molecule has 0 spiro atoms. The van der Waals surface area contributed by atoms with Gasteiger partial charge < -0.3 is 5.32 Å². The molecular weight excluding hydrogens is 414 g/mol. The van der Waals surface area contributed by atoms with Crippen molar-refractivity contribution < 1.29 is 9.59 Å². The van der Waals surface area contributed by atoms with Gasteiger partial charge in [-0.05, 0) is 37.3 Å². The number of benzene rings is 3. The van der Waals surface area contributed by atoms with E-state index in [1.807, 2.05) is 49.4 Å². The number of carbonyl (C=O) groups excluding carboxylic acids is 2. The lowest BCUT2D eigenvalue weighted by Gasteiger charge is -2.11. The molecule has 0 radical (unpaired) electrons. The van der Waals surface area contributed by atoms with Gasteiger partial charge in [0.2, 0.25) is 0 Å². The molecule has 0 saturated carbocycles. The van der Waals surface area contributed by atoms with E-state index in [9.17, 15) is 9.59 Å². The van der Waals surface area contributed by atoms with Gasteiger partial charge in [-0.2, -0.15) is 9.61 Å². The average Bonchev–Trinajstić information content (AvgIpc) is 3.32. The molecule has 33 heavy (non-hydrogen) atoms. The molecule has 7 heteroatoms.